The third-order valence-corrected chi connectivity index (χ3v) is 2.93. The van der Waals surface area contributed by atoms with Crippen molar-refractivity contribution in [2.45, 2.75) is 18.9 Å². The number of carbonyl (C=O) groups excluding carboxylic acids is 1. The van der Waals surface area contributed by atoms with Gasteiger partial charge in [-0.15, -0.1) is 0 Å². The molecule has 1 unspecified atom stereocenters. The predicted octanol–water partition coefficient (Wildman–Crippen LogP) is -0.0431. The van der Waals surface area contributed by atoms with Crippen LogP contribution in [0.5, 0.6) is 0 Å². The molecule has 1 heterocycles. The van der Waals surface area contributed by atoms with E-state index < -0.39 is 0 Å². The lowest BCUT2D eigenvalue weighted by Crippen LogP contribution is -2.41. The van der Waals surface area contributed by atoms with Crippen LogP contribution in [0.4, 0.5) is 0 Å². The molecule has 11 heavy (non-hydrogen) atoms. The van der Waals surface area contributed by atoms with E-state index in [1.54, 1.807) is 0 Å². The Bertz CT molecular complexity index is 134. The number of thioether (sulfide) groups is 1. The lowest BCUT2D eigenvalue weighted by Gasteiger charge is -2.21. The monoisotopic (exact) mass is 174 g/mol. The lowest BCUT2D eigenvalue weighted by atomic mass is 10.2. The summed E-state index contributed by atoms with van der Waals surface area (Å²) in [4.78, 5) is 10.8. The van der Waals surface area contributed by atoms with Crippen molar-refractivity contribution in [3.8, 4) is 0 Å². The third kappa shape index (κ3) is 3.12. The second kappa shape index (κ2) is 4.62. The zero-order chi connectivity index (χ0) is 8.10. The molecule has 1 atom stereocenters. The first-order valence-corrected chi connectivity index (χ1v) is 5.05. The number of rotatable bonds is 2. The minimum Gasteiger partial charge on any atom is -0.351 e. The summed E-state index contributed by atoms with van der Waals surface area (Å²) < 4.78 is 0. The van der Waals surface area contributed by atoms with Crippen LogP contribution in [0.2, 0.25) is 0 Å². The Hall–Kier alpha value is -0.220. The van der Waals surface area contributed by atoms with Crippen molar-refractivity contribution in [2.24, 2.45) is 5.73 Å². The topological polar surface area (TPSA) is 55.1 Å². The van der Waals surface area contributed by atoms with Gasteiger partial charge in [0.2, 0.25) is 5.91 Å². The Balaban J connectivity index is 2.19. The highest BCUT2D eigenvalue weighted by Crippen LogP contribution is 2.16. The van der Waals surface area contributed by atoms with Gasteiger partial charge in [-0.25, -0.2) is 0 Å². The molecular weight excluding hydrogens is 160 g/mol. The van der Waals surface area contributed by atoms with Gasteiger partial charge in [0.25, 0.3) is 0 Å². The summed E-state index contributed by atoms with van der Waals surface area (Å²) in [5.74, 6) is 2.25. The molecule has 1 fully saturated rings. The van der Waals surface area contributed by atoms with E-state index >= 15 is 0 Å². The maximum absolute atomic E-state index is 10.8. The summed E-state index contributed by atoms with van der Waals surface area (Å²) in [6, 6.07) is 0.366. The van der Waals surface area contributed by atoms with E-state index in [4.69, 9.17) is 5.73 Å². The number of amides is 1. The Labute approximate surface area is 71.1 Å². The van der Waals surface area contributed by atoms with E-state index in [1.807, 2.05) is 11.8 Å². The van der Waals surface area contributed by atoms with Crippen LogP contribution in [-0.2, 0) is 4.79 Å². The molecule has 1 aliphatic heterocycles. The van der Waals surface area contributed by atoms with Crippen LogP contribution in [0, 0.1) is 0 Å². The average Bonchev–Trinajstić information content (AvgIpc) is 2.06. The van der Waals surface area contributed by atoms with Crippen molar-refractivity contribution in [1.82, 2.24) is 5.32 Å². The van der Waals surface area contributed by atoms with Crippen molar-refractivity contribution in [3.63, 3.8) is 0 Å². The van der Waals surface area contributed by atoms with Gasteiger partial charge in [0.15, 0.2) is 0 Å². The number of hydrogen-bond donors (Lipinski definition) is 2. The molecule has 3 nitrogen and oxygen atoms in total. The Kier molecular flexibility index (Phi) is 3.72. The van der Waals surface area contributed by atoms with Crippen molar-refractivity contribution >= 4 is 17.7 Å². The second-order valence-electron chi connectivity index (χ2n) is 2.69. The van der Waals surface area contributed by atoms with Crippen LogP contribution in [-0.4, -0.2) is 30.0 Å². The molecule has 0 bridgehead atoms. The molecule has 0 saturated carbocycles. The SMILES string of the molecule is NCC(=O)NC1CCCSC1. The van der Waals surface area contributed by atoms with E-state index in [0.717, 1.165) is 12.2 Å². The highest BCUT2D eigenvalue weighted by atomic mass is 32.2. The summed E-state index contributed by atoms with van der Waals surface area (Å²) in [6.07, 6.45) is 2.32. The van der Waals surface area contributed by atoms with Gasteiger partial charge in [0.05, 0.1) is 6.54 Å². The van der Waals surface area contributed by atoms with Crippen molar-refractivity contribution < 1.29 is 4.79 Å². The van der Waals surface area contributed by atoms with E-state index in [1.165, 1.54) is 12.2 Å². The average molecular weight is 174 g/mol. The maximum atomic E-state index is 10.8. The molecule has 0 aromatic rings. The van der Waals surface area contributed by atoms with Crippen LogP contribution in [0.15, 0.2) is 0 Å². The summed E-state index contributed by atoms with van der Waals surface area (Å²) in [7, 11) is 0. The second-order valence-corrected chi connectivity index (χ2v) is 3.84. The van der Waals surface area contributed by atoms with Crippen LogP contribution in [0.1, 0.15) is 12.8 Å². The minimum absolute atomic E-state index is 0.0301. The summed E-state index contributed by atoms with van der Waals surface area (Å²) in [5, 5.41) is 2.88. The van der Waals surface area contributed by atoms with Gasteiger partial charge in [0, 0.05) is 11.8 Å². The molecule has 1 aliphatic rings. The molecule has 1 rings (SSSR count). The quantitative estimate of drug-likeness (QED) is 0.617. The van der Waals surface area contributed by atoms with Gasteiger partial charge in [-0.1, -0.05) is 0 Å². The van der Waals surface area contributed by atoms with E-state index in [-0.39, 0.29) is 12.5 Å². The first-order valence-electron chi connectivity index (χ1n) is 3.90. The first-order chi connectivity index (χ1) is 5.33. The fraction of sp³-hybridized carbons (Fsp3) is 0.857. The molecule has 0 spiro atoms. The highest BCUT2D eigenvalue weighted by molar-refractivity contribution is 7.99. The minimum atomic E-state index is -0.0301. The van der Waals surface area contributed by atoms with Gasteiger partial charge in [-0.3, -0.25) is 4.79 Å². The zero-order valence-electron chi connectivity index (χ0n) is 6.51. The smallest absolute Gasteiger partial charge is 0.233 e. The standard InChI is InChI=1S/C7H14N2OS/c8-4-7(10)9-6-2-1-3-11-5-6/h6H,1-5,8H2,(H,9,10). The number of nitrogens with one attached hydrogen (secondary N) is 1. The molecule has 64 valence electrons. The Morgan fingerprint density at radius 3 is 3.09 bits per heavy atom. The van der Waals surface area contributed by atoms with Gasteiger partial charge < -0.3 is 11.1 Å². The fourth-order valence-electron chi connectivity index (χ4n) is 1.14. The highest BCUT2D eigenvalue weighted by Gasteiger charge is 2.14. The summed E-state index contributed by atoms with van der Waals surface area (Å²) in [5.41, 5.74) is 5.17. The molecule has 0 radical (unpaired) electrons. The molecule has 0 aliphatic carbocycles. The molecule has 1 amide bonds. The Morgan fingerprint density at radius 1 is 1.73 bits per heavy atom. The fourth-order valence-corrected chi connectivity index (χ4v) is 2.21. The van der Waals surface area contributed by atoms with E-state index in [9.17, 15) is 4.79 Å². The molecule has 1 saturated heterocycles. The number of carbonyl (C=O) groups is 1. The number of nitrogens with two attached hydrogens (primary N) is 1. The first kappa shape index (κ1) is 8.87. The molecule has 0 aromatic carbocycles. The van der Waals surface area contributed by atoms with Crippen molar-refractivity contribution in [1.29, 1.82) is 0 Å². The number of hydrogen-bond acceptors (Lipinski definition) is 3. The van der Waals surface area contributed by atoms with Gasteiger partial charge in [0.1, 0.15) is 0 Å². The predicted molar refractivity (Wildman–Crippen MR) is 47.5 cm³/mol. The largest absolute Gasteiger partial charge is 0.351 e. The normalized spacial score (nSPS) is 24.6. The maximum Gasteiger partial charge on any atom is 0.233 e. The molecule has 0 aromatic heterocycles. The van der Waals surface area contributed by atoms with Crippen molar-refractivity contribution in [3.05, 3.63) is 0 Å². The van der Waals surface area contributed by atoms with E-state index in [0.29, 0.717) is 6.04 Å². The van der Waals surface area contributed by atoms with Crippen LogP contribution < -0.4 is 11.1 Å². The third-order valence-electron chi connectivity index (χ3n) is 1.71. The molecule has 3 N–H and O–H groups in total. The Morgan fingerprint density at radius 2 is 2.55 bits per heavy atom. The summed E-state index contributed by atoms with van der Waals surface area (Å²) >= 11 is 1.90. The van der Waals surface area contributed by atoms with Gasteiger partial charge in [-0.2, -0.15) is 11.8 Å². The summed E-state index contributed by atoms with van der Waals surface area (Å²) in [6.45, 7) is 0.112. The van der Waals surface area contributed by atoms with E-state index in [2.05, 4.69) is 5.32 Å². The van der Waals surface area contributed by atoms with Gasteiger partial charge in [-0.05, 0) is 18.6 Å². The zero-order valence-corrected chi connectivity index (χ0v) is 7.32. The molecule has 4 heteroatoms. The molecular formula is C7H14N2OS. The van der Waals surface area contributed by atoms with Crippen LogP contribution in [0.25, 0.3) is 0 Å². The van der Waals surface area contributed by atoms with Crippen LogP contribution in [0.3, 0.4) is 0 Å². The van der Waals surface area contributed by atoms with Crippen LogP contribution >= 0.6 is 11.8 Å². The van der Waals surface area contributed by atoms with Crippen molar-refractivity contribution in [2.75, 3.05) is 18.1 Å². The van der Waals surface area contributed by atoms with Gasteiger partial charge >= 0.3 is 0 Å². The lowest BCUT2D eigenvalue weighted by molar-refractivity contribution is -0.120.